The summed E-state index contributed by atoms with van der Waals surface area (Å²) in [5, 5.41) is 12.0. The van der Waals surface area contributed by atoms with E-state index >= 15 is 0 Å². The summed E-state index contributed by atoms with van der Waals surface area (Å²) in [5.74, 6) is -0.194. The van der Waals surface area contributed by atoms with E-state index in [2.05, 4.69) is 10.3 Å². The standard InChI is InChI=1S/C14H16N2O3S/c1-19-13-5-2-10(8-16-13)7-15-9-12-4-3-11(20-12)6-14(17)18/h2-5,8,15H,6-7,9H2,1H3,(H,17,18). The van der Waals surface area contributed by atoms with Crippen molar-refractivity contribution in [2.45, 2.75) is 19.5 Å². The van der Waals surface area contributed by atoms with Crippen molar-refractivity contribution in [2.75, 3.05) is 7.11 Å². The van der Waals surface area contributed by atoms with Crippen LogP contribution in [-0.2, 0) is 24.3 Å². The van der Waals surface area contributed by atoms with E-state index in [1.54, 1.807) is 13.3 Å². The van der Waals surface area contributed by atoms with Crippen molar-refractivity contribution in [1.82, 2.24) is 10.3 Å². The Morgan fingerprint density at radius 3 is 2.75 bits per heavy atom. The fourth-order valence-electron chi connectivity index (χ4n) is 1.73. The van der Waals surface area contributed by atoms with E-state index in [-0.39, 0.29) is 6.42 Å². The number of aliphatic carboxylic acids is 1. The second kappa shape index (κ2) is 7.02. The van der Waals surface area contributed by atoms with Gasteiger partial charge >= 0.3 is 5.97 Å². The number of ether oxygens (including phenoxy) is 1. The quantitative estimate of drug-likeness (QED) is 0.817. The zero-order valence-electron chi connectivity index (χ0n) is 11.1. The van der Waals surface area contributed by atoms with Crippen LogP contribution in [-0.4, -0.2) is 23.2 Å². The van der Waals surface area contributed by atoms with Gasteiger partial charge in [-0.15, -0.1) is 11.3 Å². The first-order valence-electron chi connectivity index (χ1n) is 6.16. The number of aromatic nitrogens is 1. The summed E-state index contributed by atoms with van der Waals surface area (Å²) in [4.78, 5) is 16.7. The Labute approximate surface area is 121 Å². The van der Waals surface area contributed by atoms with Gasteiger partial charge in [0.1, 0.15) is 0 Å². The fourth-order valence-corrected chi connectivity index (χ4v) is 2.71. The molecule has 2 rings (SSSR count). The first kappa shape index (κ1) is 14.5. The summed E-state index contributed by atoms with van der Waals surface area (Å²) in [5.41, 5.74) is 1.08. The molecule has 6 heteroatoms. The Hall–Kier alpha value is -1.92. The maximum Gasteiger partial charge on any atom is 0.308 e. The normalized spacial score (nSPS) is 10.4. The molecule has 2 heterocycles. The van der Waals surface area contributed by atoms with Crippen molar-refractivity contribution in [1.29, 1.82) is 0 Å². The molecular weight excluding hydrogens is 276 g/mol. The molecule has 5 nitrogen and oxygen atoms in total. The average molecular weight is 292 g/mol. The summed E-state index contributed by atoms with van der Waals surface area (Å²) in [7, 11) is 1.59. The molecule has 0 bridgehead atoms. The Morgan fingerprint density at radius 2 is 2.10 bits per heavy atom. The number of pyridine rings is 1. The van der Waals surface area contributed by atoms with Crippen LogP contribution in [0.1, 0.15) is 15.3 Å². The van der Waals surface area contributed by atoms with E-state index in [1.165, 1.54) is 11.3 Å². The van der Waals surface area contributed by atoms with Gasteiger partial charge < -0.3 is 15.2 Å². The molecule has 2 aromatic rings. The number of hydrogen-bond donors (Lipinski definition) is 2. The summed E-state index contributed by atoms with van der Waals surface area (Å²) in [6.45, 7) is 1.43. The van der Waals surface area contributed by atoms with E-state index in [9.17, 15) is 4.79 Å². The van der Waals surface area contributed by atoms with Crippen molar-refractivity contribution in [2.24, 2.45) is 0 Å². The molecule has 0 aliphatic rings. The molecule has 0 atom stereocenters. The lowest BCUT2D eigenvalue weighted by Crippen LogP contribution is -2.11. The molecule has 0 fully saturated rings. The van der Waals surface area contributed by atoms with Gasteiger partial charge in [-0.2, -0.15) is 0 Å². The van der Waals surface area contributed by atoms with Crippen LogP contribution in [0, 0.1) is 0 Å². The molecule has 2 N–H and O–H groups in total. The van der Waals surface area contributed by atoms with Crippen LogP contribution in [0.5, 0.6) is 5.88 Å². The average Bonchev–Trinajstić information content (AvgIpc) is 2.86. The predicted octanol–water partition coefficient (Wildman–Crippen LogP) is 2.07. The molecule has 2 aromatic heterocycles. The maximum atomic E-state index is 10.6. The number of rotatable bonds is 7. The van der Waals surface area contributed by atoms with E-state index in [1.807, 2.05) is 24.3 Å². The number of methoxy groups -OCH3 is 1. The van der Waals surface area contributed by atoms with Gasteiger partial charge in [0, 0.05) is 35.1 Å². The third kappa shape index (κ3) is 4.32. The Balaban J connectivity index is 1.80. The summed E-state index contributed by atoms with van der Waals surface area (Å²) < 4.78 is 5.00. The highest BCUT2D eigenvalue weighted by molar-refractivity contribution is 7.12. The number of nitrogens with one attached hydrogen (secondary N) is 1. The summed E-state index contributed by atoms with van der Waals surface area (Å²) in [6.07, 6.45) is 1.86. The third-order valence-electron chi connectivity index (χ3n) is 2.68. The molecule has 20 heavy (non-hydrogen) atoms. The minimum atomic E-state index is -0.796. The van der Waals surface area contributed by atoms with E-state index in [0.717, 1.165) is 21.9 Å². The lowest BCUT2D eigenvalue weighted by Gasteiger charge is -2.04. The molecular formula is C14H16N2O3S. The molecule has 106 valence electrons. The molecule has 0 spiro atoms. The molecule has 0 saturated carbocycles. The van der Waals surface area contributed by atoms with Gasteiger partial charge in [0.05, 0.1) is 13.5 Å². The van der Waals surface area contributed by atoms with Crippen molar-refractivity contribution in [3.05, 3.63) is 45.8 Å². The number of carboxylic acid groups (broad SMARTS) is 1. The lowest BCUT2D eigenvalue weighted by molar-refractivity contribution is -0.136. The zero-order chi connectivity index (χ0) is 14.4. The van der Waals surface area contributed by atoms with Gasteiger partial charge in [-0.05, 0) is 17.7 Å². The number of carbonyl (C=O) groups is 1. The van der Waals surface area contributed by atoms with Crippen LogP contribution in [0.4, 0.5) is 0 Å². The van der Waals surface area contributed by atoms with Gasteiger partial charge in [-0.1, -0.05) is 6.07 Å². The number of nitrogens with zero attached hydrogens (tertiary/aromatic N) is 1. The summed E-state index contributed by atoms with van der Waals surface area (Å²) >= 11 is 1.52. The molecule has 0 aliphatic carbocycles. The molecule has 0 amide bonds. The number of carboxylic acids is 1. The molecule has 0 unspecified atom stereocenters. The van der Waals surface area contributed by atoms with Crippen LogP contribution in [0.15, 0.2) is 30.5 Å². The van der Waals surface area contributed by atoms with Crippen molar-refractivity contribution < 1.29 is 14.6 Å². The van der Waals surface area contributed by atoms with Crippen LogP contribution in [0.2, 0.25) is 0 Å². The molecule has 0 aliphatic heterocycles. The van der Waals surface area contributed by atoms with Crippen molar-refractivity contribution in [3.63, 3.8) is 0 Å². The first-order valence-corrected chi connectivity index (χ1v) is 6.98. The molecule has 0 radical (unpaired) electrons. The van der Waals surface area contributed by atoms with Gasteiger partial charge in [0.25, 0.3) is 0 Å². The van der Waals surface area contributed by atoms with E-state index < -0.39 is 5.97 Å². The lowest BCUT2D eigenvalue weighted by atomic mass is 10.3. The molecule has 0 aromatic carbocycles. The van der Waals surface area contributed by atoms with E-state index in [0.29, 0.717) is 12.4 Å². The number of thiophene rings is 1. The Kier molecular flexibility index (Phi) is 5.09. The third-order valence-corrected chi connectivity index (χ3v) is 3.76. The highest BCUT2D eigenvalue weighted by Crippen LogP contribution is 2.17. The van der Waals surface area contributed by atoms with Crippen molar-refractivity contribution >= 4 is 17.3 Å². The largest absolute Gasteiger partial charge is 0.481 e. The van der Waals surface area contributed by atoms with Crippen molar-refractivity contribution in [3.8, 4) is 5.88 Å². The fraction of sp³-hybridized carbons (Fsp3) is 0.286. The second-order valence-electron chi connectivity index (χ2n) is 4.25. The summed E-state index contributed by atoms with van der Waals surface area (Å²) in [6, 6.07) is 7.61. The van der Waals surface area contributed by atoms with Crippen LogP contribution in [0.3, 0.4) is 0 Å². The minimum absolute atomic E-state index is 0.0903. The van der Waals surface area contributed by atoms with Gasteiger partial charge in [-0.3, -0.25) is 4.79 Å². The maximum absolute atomic E-state index is 10.6. The Bertz CT molecular complexity index is 566. The monoisotopic (exact) mass is 292 g/mol. The van der Waals surface area contributed by atoms with Gasteiger partial charge in [-0.25, -0.2) is 4.98 Å². The van der Waals surface area contributed by atoms with E-state index in [4.69, 9.17) is 9.84 Å². The van der Waals surface area contributed by atoms with Gasteiger partial charge in [0.15, 0.2) is 0 Å². The minimum Gasteiger partial charge on any atom is -0.481 e. The van der Waals surface area contributed by atoms with Crippen LogP contribution in [0.25, 0.3) is 0 Å². The highest BCUT2D eigenvalue weighted by atomic mass is 32.1. The first-order chi connectivity index (χ1) is 9.67. The van der Waals surface area contributed by atoms with Crippen LogP contribution < -0.4 is 10.1 Å². The zero-order valence-corrected chi connectivity index (χ0v) is 11.9. The SMILES string of the molecule is COc1ccc(CNCc2ccc(CC(=O)O)s2)cn1. The molecule has 0 saturated heterocycles. The Morgan fingerprint density at radius 1 is 1.30 bits per heavy atom. The predicted molar refractivity (Wildman–Crippen MR) is 77.0 cm³/mol. The topological polar surface area (TPSA) is 71.5 Å². The van der Waals surface area contributed by atoms with Crippen LogP contribution >= 0.6 is 11.3 Å². The number of hydrogen-bond acceptors (Lipinski definition) is 5. The smallest absolute Gasteiger partial charge is 0.308 e. The van der Waals surface area contributed by atoms with Gasteiger partial charge in [0.2, 0.25) is 5.88 Å². The second-order valence-corrected chi connectivity index (χ2v) is 5.50. The highest BCUT2D eigenvalue weighted by Gasteiger charge is 2.04.